The normalized spacial score (nSPS) is 14.8. The fourth-order valence-electron chi connectivity index (χ4n) is 3.67. The van der Waals surface area contributed by atoms with Crippen molar-refractivity contribution < 1.29 is 14.3 Å². The number of benzene rings is 3. The van der Waals surface area contributed by atoms with Gasteiger partial charge in [0.15, 0.2) is 6.61 Å². The van der Waals surface area contributed by atoms with Crippen LogP contribution in [0, 0.1) is 6.92 Å². The first-order valence-corrected chi connectivity index (χ1v) is 11.3. The SMILES string of the molecule is Cc1cc(Cl)ccc1OCC(=O)NN1C(=O)c2cc(Cl)ccc2NC1c1ccc(N(C)C)cc1. The van der Waals surface area contributed by atoms with Crippen LogP contribution in [0.1, 0.15) is 27.7 Å². The molecule has 1 aliphatic rings. The quantitative estimate of drug-likeness (QED) is 0.497. The molecule has 0 spiro atoms. The predicted octanol–water partition coefficient (Wildman–Crippen LogP) is 5.04. The van der Waals surface area contributed by atoms with Gasteiger partial charge in [-0.1, -0.05) is 35.3 Å². The third-order valence-corrected chi connectivity index (χ3v) is 5.92. The summed E-state index contributed by atoms with van der Waals surface area (Å²) in [5.74, 6) is -0.325. The maximum atomic E-state index is 13.4. The number of ether oxygens (including phenoxy) is 1. The topological polar surface area (TPSA) is 73.9 Å². The Bertz CT molecular complexity index is 1230. The Labute approximate surface area is 208 Å². The minimum absolute atomic E-state index is 0.277. The van der Waals surface area contributed by atoms with Gasteiger partial charge in [0.2, 0.25) is 0 Å². The van der Waals surface area contributed by atoms with Gasteiger partial charge >= 0.3 is 0 Å². The smallest absolute Gasteiger partial charge is 0.276 e. The molecule has 0 saturated carbocycles. The summed E-state index contributed by atoms with van der Waals surface area (Å²) in [5, 5.41) is 5.60. The van der Waals surface area contributed by atoms with Gasteiger partial charge in [0.05, 0.1) is 5.56 Å². The molecule has 3 aromatic carbocycles. The van der Waals surface area contributed by atoms with Crippen LogP contribution in [-0.4, -0.2) is 37.5 Å². The minimum Gasteiger partial charge on any atom is -0.483 e. The van der Waals surface area contributed by atoms with Crippen molar-refractivity contribution in [2.75, 3.05) is 30.9 Å². The van der Waals surface area contributed by atoms with Crippen LogP contribution in [0.4, 0.5) is 11.4 Å². The van der Waals surface area contributed by atoms with Crippen molar-refractivity contribution in [2.45, 2.75) is 13.1 Å². The van der Waals surface area contributed by atoms with E-state index in [1.165, 1.54) is 5.01 Å². The Balaban J connectivity index is 1.58. The number of anilines is 2. The first kappa shape index (κ1) is 23.7. The highest BCUT2D eigenvalue weighted by molar-refractivity contribution is 6.31. The average Bonchev–Trinajstić information content (AvgIpc) is 2.80. The van der Waals surface area contributed by atoms with E-state index in [1.807, 2.05) is 50.2 Å². The van der Waals surface area contributed by atoms with E-state index in [4.69, 9.17) is 27.9 Å². The highest BCUT2D eigenvalue weighted by atomic mass is 35.5. The molecule has 176 valence electrons. The number of halogens is 2. The van der Waals surface area contributed by atoms with E-state index in [9.17, 15) is 9.59 Å². The van der Waals surface area contributed by atoms with Gasteiger partial charge in [0.1, 0.15) is 11.9 Å². The second-order valence-electron chi connectivity index (χ2n) is 8.13. The Morgan fingerprint density at radius 3 is 2.41 bits per heavy atom. The van der Waals surface area contributed by atoms with Gasteiger partial charge in [-0.15, -0.1) is 0 Å². The zero-order valence-electron chi connectivity index (χ0n) is 18.9. The zero-order chi connectivity index (χ0) is 24.4. The van der Waals surface area contributed by atoms with Gasteiger partial charge in [0, 0.05) is 35.5 Å². The first-order valence-electron chi connectivity index (χ1n) is 10.6. The Morgan fingerprint density at radius 1 is 1.06 bits per heavy atom. The summed E-state index contributed by atoms with van der Waals surface area (Å²) in [6, 6.07) is 17.9. The molecule has 0 saturated heterocycles. The fourth-order valence-corrected chi connectivity index (χ4v) is 4.06. The van der Waals surface area contributed by atoms with Gasteiger partial charge in [-0.3, -0.25) is 15.0 Å². The van der Waals surface area contributed by atoms with Crippen LogP contribution >= 0.6 is 23.2 Å². The van der Waals surface area contributed by atoms with Crippen molar-refractivity contribution in [1.29, 1.82) is 0 Å². The number of fused-ring (bicyclic) bond motifs is 1. The van der Waals surface area contributed by atoms with Gasteiger partial charge in [-0.2, -0.15) is 0 Å². The molecule has 0 bridgehead atoms. The average molecular weight is 499 g/mol. The van der Waals surface area contributed by atoms with E-state index in [-0.39, 0.29) is 12.5 Å². The lowest BCUT2D eigenvalue weighted by Crippen LogP contribution is -2.53. The molecule has 0 radical (unpaired) electrons. The summed E-state index contributed by atoms with van der Waals surface area (Å²) in [7, 11) is 3.90. The number of aryl methyl sites for hydroxylation is 1. The van der Waals surface area contributed by atoms with Crippen molar-refractivity contribution >= 4 is 46.4 Å². The van der Waals surface area contributed by atoms with Crippen molar-refractivity contribution in [2.24, 2.45) is 0 Å². The first-order chi connectivity index (χ1) is 16.2. The van der Waals surface area contributed by atoms with Gasteiger partial charge < -0.3 is 15.0 Å². The maximum Gasteiger partial charge on any atom is 0.276 e. The number of hydrazine groups is 1. The van der Waals surface area contributed by atoms with Crippen LogP contribution in [-0.2, 0) is 4.79 Å². The van der Waals surface area contributed by atoms with E-state index in [0.717, 1.165) is 16.8 Å². The molecule has 9 heteroatoms. The summed E-state index contributed by atoms with van der Waals surface area (Å²) >= 11 is 12.1. The number of amides is 2. The Kier molecular flexibility index (Phi) is 6.86. The molecule has 2 N–H and O–H groups in total. The van der Waals surface area contributed by atoms with Crippen LogP contribution in [0.15, 0.2) is 60.7 Å². The fraction of sp³-hybridized carbons (Fsp3) is 0.200. The van der Waals surface area contributed by atoms with Crippen LogP contribution in [0.5, 0.6) is 5.75 Å². The number of nitrogens with zero attached hydrogens (tertiary/aromatic N) is 2. The third-order valence-electron chi connectivity index (χ3n) is 5.45. The standard InChI is InChI=1S/C25H24Cl2N4O3/c1-15-12-17(26)7-11-22(15)34-14-23(32)29-31-24(16-4-8-19(9-5-16)30(2)3)28-21-10-6-18(27)13-20(21)25(31)33/h4-13,24,28H,14H2,1-3H3,(H,29,32). The lowest BCUT2D eigenvalue weighted by atomic mass is 10.0. The summed E-state index contributed by atoms with van der Waals surface area (Å²) in [4.78, 5) is 28.2. The molecule has 1 aliphatic heterocycles. The molecule has 0 aliphatic carbocycles. The molecule has 3 aromatic rings. The van der Waals surface area contributed by atoms with Gasteiger partial charge in [-0.05, 0) is 66.6 Å². The highest BCUT2D eigenvalue weighted by Crippen LogP contribution is 2.34. The van der Waals surface area contributed by atoms with Gasteiger partial charge in [0.25, 0.3) is 11.8 Å². The molecule has 7 nitrogen and oxygen atoms in total. The van der Waals surface area contributed by atoms with Gasteiger partial charge in [-0.25, -0.2) is 5.01 Å². The molecule has 2 amide bonds. The van der Waals surface area contributed by atoms with E-state index >= 15 is 0 Å². The van der Waals surface area contributed by atoms with E-state index in [0.29, 0.717) is 27.0 Å². The third kappa shape index (κ3) is 5.05. The van der Waals surface area contributed by atoms with E-state index < -0.39 is 12.1 Å². The Hall–Kier alpha value is -3.42. The maximum absolute atomic E-state index is 13.4. The largest absolute Gasteiger partial charge is 0.483 e. The van der Waals surface area contributed by atoms with Crippen molar-refractivity contribution in [3.8, 4) is 5.75 Å². The van der Waals surface area contributed by atoms with Crippen LogP contribution < -0.4 is 20.4 Å². The summed E-state index contributed by atoms with van der Waals surface area (Å²) in [6.07, 6.45) is -0.626. The number of hydrogen-bond acceptors (Lipinski definition) is 5. The lowest BCUT2D eigenvalue weighted by Gasteiger charge is -2.38. The molecule has 1 heterocycles. The summed E-state index contributed by atoms with van der Waals surface area (Å²) in [6.45, 7) is 1.56. The summed E-state index contributed by atoms with van der Waals surface area (Å²) in [5.41, 5.74) is 6.31. The van der Waals surface area contributed by atoms with Crippen molar-refractivity contribution in [1.82, 2.24) is 10.4 Å². The number of carbonyl (C=O) groups is 2. The molecule has 34 heavy (non-hydrogen) atoms. The number of nitrogens with one attached hydrogen (secondary N) is 2. The molecule has 1 unspecified atom stereocenters. The predicted molar refractivity (Wildman–Crippen MR) is 135 cm³/mol. The number of carbonyl (C=O) groups excluding carboxylic acids is 2. The molecular weight excluding hydrogens is 475 g/mol. The van der Waals surface area contributed by atoms with Crippen molar-refractivity contribution in [3.05, 3.63) is 87.4 Å². The minimum atomic E-state index is -0.626. The van der Waals surface area contributed by atoms with Crippen LogP contribution in [0.25, 0.3) is 0 Å². The molecule has 0 fully saturated rings. The molecule has 4 rings (SSSR count). The zero-order valence-corrected chi connectivity index (χ0v) is 20.4. The number of rotatable bonds is 6. The number of hydrogen-bond donors (Lipinski definition) is 2. The molecular formula is C25H24Cl2N4O3. The monoisotopic (exact) mass is 498 g/mol. The van der Waals surface area contributed by atoms with E-state index in [1.54, 1.807) is 36.4 Å². The van der Waals surface area contributed by atoms with Crippen LogP contribution in [0.2, 0.25) is 10.0 Å². The molecule has 0 aromatic heterocycles. The molecule has 1 atom stereocenters. The second kappa shape index (κ2) is 9.83. The summed E-state index contributed by atoms with van der Waals surface area (Å²) < 4.78 is 5.65. The van der Waals surface area contributed by atoms with Crippen molar-refractivity contribution in [3.63, 3.8) is 0 Å². The lowest BCUT2D eigenvalue weighted by molar-refractivity contribution is -0.127. The Morgan fingerprint density at radius 2 is 1.74 bits per heavy atom. The van der Waals surface area contributed by atoms with Crippen LogP contribution in [0.3, 0.4) is 0 Å². The second-order valence-corrected chi connectivity index (χ2v) is 9.00. The van der Waals surface area contributed by atoms with E-state index in [2.05, 4.69) is 10.7 Å². The highest BCUT2D eigenvalue weighted by Gasteiger charge is 2.34.